The fraction of sp³-hybridized carbons (Fsp3) is 0.125. The number of methoxy groups -OCH3 is 1. The lowest BCUT2D eigenvalue weighted by molar-refractivity contribution is -0.136. The van der Waals surface area contributed by atoms with E-state index >= 15 is 0 Å². The summed E-state index contributed by atoms with van der Waals surface area (Å²) >= 11 is 0. The van der Waals surface area contributed by atoms with Crippen molar-refractivity contribution in [1.29, 1.82) is 0 Å². The minimum atomic E-state index is -3.81. The molecule has 0 bridgehead atoms. The van der Waals surface area contributed by atoms with Crippen molar-refractivity contribution in [2.24, 2.45) is 5.14 Å². The Bertz CT molecular complexity index is 879. The largest absolute Gasteiger partial charge is 0.496 e. The minimum Gasteiger partial charge on any atom is -0.496 e. The Hall–Kier alpha value is -2.91. The topological polar surface area (TPSA) is 128 Å². The summed E-state index contributed by atoms with van der Waals surface area (Å²) in [6.07, 6.45) is 0. The van der Waals surface area contributed by atoms with Crippen LogP contribution in [0, 0.1) is 0 Å². The van der Waals surface area contributed by atoms with Gasteiger partial charge in [-0.3, -0.25) is 9.59 Å². The number of para-hydroxylation sites is 1. The molecule has 0 spiro atoms. The number of carbonyl (C=O) groups excluding carboxylic acids is 2. The van der Waals surface area contributed by atoms with E-state index in [1.807, 2.05) is 0 Å². The predicted octanol–water partition coefficient (Wildman–Crippen LogP) is 0.598. The van der Waals surface area contributed by atoms with Crippen molar-refractivity contribution in [1.82, 2.24) is 5.32 Å². The molecule has 0 radical (unpaired) electrons. The zero-order chi connectivity index (χ0) is 18.4. The zero-order valence-corrected chi connectivity index (χ0v) is 14.2. The molecule has 8 nitrogen and oxygen atoms in total. The number of anilines is 1. The lowest BCUT2D eigenvalue weighted by Gasteiger charge is -2.10. The molecule has 25 heavy (non-hydrogen) atoms. The summed E-state index contributed by atoms with van der Waals surface area (Å²) in [7, 11) is -2.30. The molecule has 0 fully saturated rings. The Balaban J connectivity index is 1.95. The summed E-state index contributed by atoms with van der Waals surface area (Å²) in [5.74, 6) is -1.11. The molecule has 2 aromatic carbocycles. The van der Waals surface area contributed by atoms with Crippen LogP contribution in [0.1, 0.15) is 5.56 Å². The SMILES string of the molecule is COc1ccccc1CNC(=O)C(=O)Nc1ccc(S(N)(=O)=O)cc1. The van der Waals surface area contributed by atoms with Crippen LogP contribution in [0.2, 0.25) is 0 Å². The normalized spacial score (nSPS) is 10.8. The van der Waals surface area contributed by atoms with Gasteiger partial charge in [0.2, 0.25) is 10.0 Å². The quantitative estimate of drug-likeness (QED) is 0.670. The van der Waals surface area contributed by atoms with Crippen molar-refractivity contribution in [3.05, 3.63) is 54.1 Å². The first-order valence-electron chi connectivity index (χ1n) is 7.15. The van der Waals surface area contributed by atoms with Gasteiger partial charge in [0.05, 0.1) is 12.0 Å². The second-order valence-corrected chi connectivity index (χ2v) is 6.58. The van der Waals surface area contributed by atoms with E-state index in [4.69, 9.17) is 9.88 Å². The van der Waals surface area contributed by atoms with Gasteiger partial charge < -0.3 is 15.4 Å². The van der Waals surface area contributed by atoms with Crippen LogP contribution in [0.15, 0.2) is 53.4 Å². The van der Waals surface area contributed by atoms with Gasteiger partial charge in [0.25, 0.3) is 0 Å². The third-order valence-electron chi connectivity index (χ3n) is 3.28. The molecule has 0 aliphatic carbocycles. The van der Waals surface area contributed by atoms with Gasteiger partial charge in [0.1, 0.15) is 5.75 Å². The van der Waals surface area contributed by atoms with Crippen molar-refractivity contribution in [3.8, 4) is 5.75 Å². The monoisotopic (exact) mass is 363 g/mol. The average molecular weight is 363 g/mol. The smallest absolute Gasteiger partial charge is 0.313 e. The first-order valence-corrected chi connectivity index (χ1v) is 8.70. The Morgan fingerprint density at radius 1 is 1.04 bits per heavy atom. The van der Waals surface area contributed by atoms with Crippen molar-refractivity contribution in [3.63, 3.8) is 0 Å². The molecule has 0 aliphatic heterocycles. The van der Waals surface area contributed by atoms with E-state index in [0.717, 1.165) is 5.56 Å². The van der Waals surface area contributed by atoms with Crippen molar-refractivity contribution >= 4 is 27.5 Å². The van der Waals surface area contributed by atoms with Gasteiger partial charge in [-0.2, -0.15) is 0 Å². The zero-order valence-electron chi connectivity index (χ0n) is 13.4. The highest BCUT2D eigenvalue weighted by Gasteiger charge is 2.15. The first-order chi connectivity index (χ1) is 11.8. The average Bonchev–Trinajstić information content (AvgIpc) is 2.59. The number of carbonyl (C=O) groups is 2. The molecule has 0 atom stereocenters. The van der Waals surface area contributed by atoms with Crippen molar-refractivity contribution in [2.45, 2.75) is 11.4 Å². The van der Waals surface area contributed by atoms with Crippen LogP contribution < -0.4 is 20.5 Å². The number of benzene rings is 2. The van der Waals surface area contributed by atoms with Crippen molar-refractivity contribution < 1.29 is 22.7 Å². The maximum absolute atomic E-state index is 11.9. The molecule has 0 saturated heterocycles. The Kier molecular flexibility index (Phi) is 5.73. The number of amides is 2. The highest BCUT2D eigenvalue weighted by molar-refractivity contribution is 7.89. The molecule has 9 heteroatoms. The fourth-order valence-corrected chi connectivity index (χ4v) is 2.54. The molecule has 4 N–H and O–H groups in total. The van der Waals surface area contributed by atoms with Gasteiger partial charge in [-0.1, -0.05) is 18.2 Å². The number of rotatable bonds is 5. The molecule has 2 amide bonds. The van der Waals surface area contributed by atoms with E-state index in [-0.39, 0.29) is 17.1 Å². The standard InChI is InChI=1S/C16H17N3O5S/c1-24-14-5-3-2-4-11(14)10-18-15(20)16(21)19-12-6-8-13(9-7-12)25(17,22)23/h2-9H,10H2,1H3,(H,18,20)(H,19,21)(H2,17,22,23). The van der Waals surface area contributed by atoms with E-state index in [0.29, 0.717) is 5.75 Å². The number of ether oxygens (including phenoxy) is 1. The summed E-state index contributed by atoms with van der Waals surface area (Å²) in [6, 6.07) is 12.2. The minimum absolute atomic E-state index is 0.0916. The Labute approximate surface area is 145 Å². The Morgan fingerprint density at radius 3 is 2.28 bits per heavy atom. The summed E-state index contributed by atoms with van der Waals surface area (Å²) in [5, 5.41) is 9.84. The number of hydrogen-bond acceptors (Lipinski definition) is 5. The van der Waals surface area contributed by atoms with Crippen LogP contribution in [0.3, 0.4) is 0 Å². The highest BCUT2D eigenvalue weighted by Crippen LogP contribution is 2.16. The second kappa shape index (κ2) is 7.77. The van der Waals surface area contributed by atoms with Crippen LogP contribution in [0.25, 0.3) is 0 Å². The molecule has 2 rings (SSSR count). The molecule has 0 saturated carbocycles. The number of sulfonamides is 1. The lowest BCUT2D eigenvalue weighted by atomic mass is 10.2. The number of hydrogen-bond donors (Lipinski definition) is 3. The van der Waals surface area contributed by atoms with E-state index in [9.17, 15) is 18.0 Å². The molecular formula is C16H17N3O5S. The second-order valence-electron chi connectivity index (χ2n) is 5.02. The van der Waals surface area contributed by atoms with E-state index < -0.39 is 21.8 Å². The van der Waals surface area contributed by atoms with Gasteiger partial charge in [0, 0.05) is 17.8 Å². The predicted molar refractivity (Wildman–Crippen MR) is 91.3 cm³/mol. The highest BCUT2D eigenvalue weighted by atomic mass is 32.2. The molecule has 0 unspecified atom stereocenters. The summed E-state index contributed by atoms with van der Waals surface area (Å²) in [5.41, 5.74) is 0.994. The van der Waals surface area contributed by atoms with E-state index in [2.05, 4.69) is 10.6 Å². The third kappa shape index (κ3) is 5.03. The third-order valence-corrected chi connectivity index (χ3v) is 4.21. The number of nitrogens with one attached hydrogen (secondary N) is 2. The molecule has 2 aromatic rings. The lowest BCUT2D eigenvalue weighted by Crippen LogP contribution is -2.35. The fourth-order valence-electron chi connectivity index (χ4n) is 2.02. The number of primary sulfonamides is 1. The van der Waals surface area contributed by atoms with E-state index in [1.54, 1.807) is 24.3 Å². The van der Waals surface area contributed by atoms with Crippen LogP contribution in [0.5, 0.6) is 5.75 Å². The molecule has 0 heterocycles. The summed E-state index contributed by atoms with van der Waals surface area (Å²) in [4.78, 5) is 23.6. The Morgan fingerprint density at radius 2 is 1.68 bits per heavy atom. The molecule has 132 valence electrons. The van der Waals surface area contributed by atoms with Crippen LogP contribution in [-0.4, -0.2) is 27.3 Å². The van der Waals surface area contributed by atoms with Crippen LogP contribution >= 0.6 is 0 Å². The molecule has 0 aromatic heterocycles. The van der Waals surface area contributed by atoms with Gasteiger partial charge in [-0.25, -0.2) is 13.6 Å². The summed E-state index contributed by atoms with van der Waals surface area (Å²) < 4.78 is 27.5. The maximum atomic E-state index is 11.9. The summed E-state index contributed by atoms with van der Waals surface area (Å²) in [6.45, 7) is 0.126. The van der Waals surface area contributed by atoms with Gasteiger partial charge in [-0.15, -0.1) is 0 Å². The first kappa shape index (κ1) is 18.4. The van der Waals surface area contributed by atoms with Gasteiger partial charge in [0.15, 0.2) is 0 Å². The van der Waals surface area contributed by atoms with Gasteiger partial charge in [-0.05, 0) is 30.3 Å². The van der Waals surface area contributed by atoms with Crippen molar-refractivity contribution in [2.75, 3.05) is 12.4 Å². The molecular weight excluding hydrogens is 346 g/mol. The molecule has 0 aliphatic rings. The van der Waals surface area contributed by atoms with Gasteiger partial charge >= 0.3 is 11.8 Å². The van der Waals surface area contributed by atoms with E-state index in [1.165, 1.54) is 31.4 Å². The number of nitrogens with two attached hydrogens (primary N) is 1. The van der Waals surface area contributed by atoms with Crippen LogP contribution in [0.4, 0.5) is 5.69 Å². The maximum Gasteiger partial charge on any atom is 0.313 e. The van der Waals surface area contributed by atoms with Crippen LogP contribution in [-0.2, 0) is 26.2 Å².